The van der Waals surface area contributed by atoms with E-state index < -0.39 is 15.9 Å². The molecule has 0 heterocycles. The fraction of sp³-hybridized carbons (Fsp3) is 0.133. The summed E-state index contributed by atoms with van der Waals surface area (Å²) < 4.78 is 23.9. The number of carbonyl (C=O) groups is 1. The van der Waals surface area contributed by atoms with Crippen molar-refractivity contribution >= 4 is 15.9 Å². The van der Waals surface area contributed by atoms with Crippen molar-refractivity contribution in [1.29, 1.82) is 0 Å². The third-order valence-electron chi connectivity index (χ3n) is 2.97. The van der Waals surface area contributed by atoms with E-state index in [4.69, 9.17) is 5.14 Å². The van der Waals surface area contributed by atoms with Gasteiger partial charge in [0, 0.05) is 12.1 Å². The van der Waals surface area contributed by atoms with E-state index in [1.54, 1.807) is 43.3 Å². The van der Waals surface area contributed by atoms with E-state index in [0.717, 1.165) is 0 Å². The molecular formula is C15H16N2O3S. The highest BCUT2D eigenvalue weighted by molar-refractivity contribution is 7.89. The third kappa shape index (κ3) is 3.29. The third-order valence-corrected chi connectivity index (χ3v) is 3.98. The van der Waals surface area contributed by atoms with Crippen molar-refractivity contribution in [3.63, 3.8) is 0 Å². The van der Waals surface area contributed by atoms with E-state index in [2.05, 4.69) is 5.32 Å². The maximum Gasteiger partial charge on any atom is 0.252 e. The molecule has 0 unspecified atom stereocenters. The summed E-state index contributed by atoms with van der Waals surface area (Å²) in [5, 5.41) is 7.92. The fourth-order valence-corrected chi connectivity index (χ4v) is 3.08. The molecule has 0 saturated heterocycles. The normalized spacial score (nSPS) is 11.1. The Bertz CT molecular complexity index is 756. The van der Waals surface area contributed by atoms with Gasteiger partial charge in [-0.25, -0.2) is 13.6 Å². The fourth-order valence-electron chi connectivity index (χ4n) is 2.12. The molecule has 2 aromatic rings. The van der Waals surface area contributed by atoms with Gasteiger partial charge in [0.25, 0.3) is 5.91 Å². The number of nitrogens with one attached hydrogen (secondary N) is 1. The van der Waals surface area contributed by atoms with Crippen LogP contribution in [0.2, 0.25) is 0 Å². The van der Waals surface area contributed by atoms with Crippen LogP contribution in [0.1, 0.15) is 17.3 Å². The maximum absolute atomic E-state index is 12.1. The van der Waals surface area contributed by atoms with Crippen LogP contribution in [0.5, 0.6) is 0 Å². The van der Waals surface area contributed by atoms with E-state index >= 15 is 0 Å². The topological polar surface area (TPSA) is 89.3 Å². The standard InChI is InChI=1S/C15H16N2O3S/c1-2-17-15(18)13-10-6-9-12(14(13)21(16,19)20)11-7-4-3-5-8-11/h3-10H,2H2,1H3,(H,17,18)(H2,16,19,20). The lowest BCUT2D eigenvalue weighted by Crippen LogP contribution is -2.26. The van der Waals surface area contributed by atoms with Gasteiger partial charge in [-0.15, -0.1) is 0 Å². The minimum Gasteiger partial charge on any atom is -0.352 e. The Balaban J connectivity index is 2.73. The van der Waals surface area contributed by atoms with Crippen molar-refractivity contribution in [2.45, 2.75) is 11.8 Å². The molecule has 0 bridgehead atoms. The molecule has 0 spiro atoms. The molecule has 0 aliphatic carbocycles. The number of hydrogen-bond donors (Lipinski definition) is 2. The zero-order chi connectivity index (χ0) is 15.5. The monoisotopic (exact) mass is 304 g/mol. The predicted molar refractivity (Wildman–Crippen MR) is 81.3 cm³/mol. The van der Waals surface area contributed by atoms with Gasteiger partial charge in [0.15, 0.2) is 0 Å². The average molecular weight is 304 g/mol. The Labute approximate surface area is 123 Å². The number of primary sulfonamides is 1. The maximum atomic E-state index is 12.1. The summed E-state index contributed by atoms with van der Waals surface area (Å²) in [7, 11) is -4.04. The first-order chi connectivity index (χ1) is 9.95. The van der Waals surface area contributed by atoms with Crippen molar-refractivity contribution in [3.05, 3.63) is 54.1 Å². The van der Waals surface area contributed by atoms with Gasteiger partial charge >= 0.3 is 0 Å². The molecule has 0 aliphatic heterocycles. The second-order valence-corrected chi connectivity index (χ2v) is 5.95. The summed E-state index contributed by atoms with van der Waals surface area (Å²) in [6.45, 7) is 2.16. The van der Waals surface area contributed by atoms with Crippen LogP contribution in [0.15, 0.2) is 53.4 Å². The van der Waals surface area contributed by atoms with E-state index in [9.17, 15) is 13.2 Å². The molecule has 2 rings (SSSR count). The molecule has 110 valence electrons. The van der Waals surface area contributed by atoms with Crippen LogP contribution in [0.3, 0.4) is 0 Å². The molecular weight excluding hydrogens is 288 g/mol. The quantitative estimate of drug-likeness (QED) is 0.901. The van der Waals surface area contributed by atoms with Crippen molar-refractivity contribution in [3.8, 4) is 11.1 Å². The van der Waals surface area contributed by atoms with Crippen molar-refractivity contribution in [2.24, 2.45) is 5.14 Å². The van der Waals surface area contributed by atoms with Crippen LogP contribution in [-0.2, 0) is 10.0 Å². The van der Waals surface area contributed by atoms with Crippen LogP contribution < -0.4 is 10.5 Å². The highest BCUT2D eigenvalue weighted by Gasteiger charge is 2.23. The minimum atomic E-state index is -4.04. The first-order valence-electron chi connectivity index (χ1n) is 6.44. The Morgan fingerprint density at radius 2 is 1.76 bits per heavy atom. The smallest absolute Gasteiger partial charge is 0.252 e. The summed E-state index contributed by atoms with van der Waals surface area (Å²) in [5.74, 6) is -0.459. The van der Waals surface area contributed by atoms with Crippen LogP contribution in [-0.4, -0.2) is 20.9 Å². The second-order valence-electron chi connectivity index (χ2n) is 4.45. The molecule has 0 atom stereocenters. The van der Waals surface area contributed by atoms with Crippen LogP contribution >= 0.6 is 0 Å². The molecule has 5 nitrogen and oxygen atoms in total. The zero-order valence-corrected chi connectivity index (χ0v) is 12.4. The lowest BCUT2D eigenvalue weighted by atomic mass is 10.0. The van der Waals surface area contributed by atoms with E-state index in [-0.39, 0.29) is 10.5 Å². The van der Waals surface area contributed by atoms with E-state index in [1.165, 1.54) is 6.07 Å². The summed E-state index contributed by atoms with van der Waals surface area (Å²) in [6.07, 6.45) is 0. The van der Waals surface area contributed by atoms with Gasteiger partial charge in [0.05, 0.1) is 5.56 Å². The molecule has 6 heteroatoms. The molecule has 0 saturated carbocycles. The largest absolute Gasteiger partial charge is 0.352 e. The van der Waals surface area contributed by atoms with Crippen LogP contribution in [0.4, 0.5) is 0 Å². The molecule has 0 radical (unpaired) electrons. The van der Waals surface area contributed by atoms with Crippen molar-refractivity contribution < 1.29 is 13.2 Å². The van der Waals surface area contributed by atoms with E-state index in [0.29, 0.717) is 17.7 Å². The predicted octanol–water partition coefficient (Wildman–Crippen LogP) is 1.75. The highest BCUT2D eigenvalue weighted by Crippen LogP contribution is 2.29. The average Bonchev–Trinajstić information content (AvgIpc) is 2.46. The number of carbonyl (C=O) groups excluding carboxylic acids is 1. The molecule has 0 fully saturated rings. The minimum absolute atomic E-state index is 0.0562. The second kappa shape index (κ2) is 6.07. The van der Waals surface area contributed by atoms with Gasteiger partial charge in [-0.3, -0.25) is 4.79 Å². The Hall–Kier alpha value is -2.18. The lowest BCUT2D eigenvalue weighted by molar-refractivity contribution is 0.0952. The van der Waals surface area contributed by atoms with Crippen molar-refractivity contribution in [2.75, 3.05) is 6.54 Å². The number of nitrogens with two attached hydrogens (primary N) is 1. The summed E-state index contributed by atoms with van der Waals surface area (Å²) in [6, 6.07) is 13.7. The van der Waals surface area contributed by atoms with Gasteiger partial charge in [0.2, 0.25) is 10.0 Å². The SMILES string of the molecule is CCNC(=O)c1cccc(-c2ccccc2)c1S(N)(=O)=O. The van der Waals surface area contributed by atoms with Gasteiger partial charge < -0.3 is 5.32 Å². The van der Waals surface area contributed by atoms with Crippen molar-refractivity contribution in [1.82, 2.24) is 5.32 Å². The van der Waals surface area contributed by atoms with Crippen LogP contribution in [0, 0.1) is 0 Å². The number of rotatable bonds is 4. The van der Waals surface area contributed by atoms with Gasteiger partial charge in [-0.2, -0.15) is 0 Å². The lowest BCUT2D eigenvalue weighted by Gasteiger charge is -2.13. The number of benzene rings is 2. The summed E-state index contributed by atoms with van der Waals surface area (Å²) >= 11 is 0. The van der Waals surface area contributed by atoms with Gasteiger partial charge in [-0.05, 0) is 18.6 Å². The molecule has 2 aromatic carbocycles. The van der Waals surface area contributed by atoms with Gasteiger partial charge in [0.1, 0.15) is 4.90 Å². The highest BCUT2D eigenvalue weighted by atomic mass is 32.2. The molecule has 1 amide bonds. The Morgan fingerprint density at radius 3 is 2.33 bits per heavy atom. The Kier molecular flexibility index (Phi) is 4.40. The Morgan fingerprint density at radius 1 is 1.10 bits per heavy atom. The van der Waals surface area contributed by atoms with Crippen LogP contribution in [0.25, 0.3) is 11.1 Å². The first-order valence-corrected chi connectivity index (χ1v) is 7.99. The number of sulfonamides is 1. The summed E-state index contributed by atoms with van der Waals surface area (Å²) in [4.78, 5) is 11.9. The zero-order valence-electron chi connectivity index (χ0n) is 11.5. The molecule has 3 N–H and O–H groups in total. The summed E-state index contributed by atoms with van der Waals surface area (Å²) in [5.41, 5.74) is 1.16. The number of amides is 1. The van der Waals surface area contributed by atoms with Gasteiger partial charge in [-0.1, -0.05) is 42.5 Å². The molecule has 0 aliphatic rings. The molecule has 21 heavy (non-hydrogen) atoms. The number of hydrogen-bond acceptors (Lipinski definition) is 3. The first kappa shape index (κ1) is 15.2. The van der Waals surface area contributed by atoms with E-state index in [1.807, 2.05) is 6.07 Å². The molecule has 0 aromatic heterocycles.